The molecular weight excluding hydrogens is 159 g/mol. The first-order valence-electron chi connectivity index (χ1n) is 5.79. The van der Waals surface area contributed by atoms with E-state index in [1.54, 1.807) is 0 Å². The zero-order chi connectivity index (χ0) is 9.10. The predicted molar refractivity (Wildman–Crippen MR) is 55.9 cm³/mol. The maximum absolute atomic E-state index is 11.0. The first-order chi connectivity index (χ1) is 6.42. The number of rotatable bonds is 3. The van der Waals surface area contributed by atoms with Gasteiger partial charge in [-0.3, -0.25) is 0 Å². The van der Waals surface area contributed by atoms with Gasteiger partial charge in [0.05, 0.1) is 0 Å². The molecule has 2 aliphatic carbocycles. The van der Waals surface area contributed by atoms with Gasteiger partial charge in [-0.1, -0.05) is 63.0 Å². The van der Waals surface area contributed by atoms with Crippen LogP contribution in [0.2, 0.25) is 11.6 Å². The minimum atomic E-state index is 0.296. The average molecular weight is 177 g/mol. The molecule has 0 aromatic heterocycles. The van der Waals surface area contributed by atoms with Crippen LogP contribution in [0.1, 0.15) is 51.4 Å². The highest BCUT2D eigenvalue weighted by atomic mass is 16.1. The van der Waals surface area contributed by atoms with Crippen LogP contribution in [0.4, 0.5) is 0 Å². The Bertz CT molecular complexity index is 153. The Morgan fingerprint density at radius 3 is 1.54 bits per heavy atom. The summed E-state index contributed by atoms with van der Waals surface area (Å²) >= 11 is 0. The van der Waals surface area contributed by atoms with Crippen molar-refractivity contribution in [1.29, 1.82) is 0 Å². The smallest absolute Gasteiger partial charge is 0.239 e. The highest BCUT2D eigenvalue weighted by molar-refractivity contribution is 6.86. The molecule has 0 amide bonds. The molecule has 0 aliphatic heterocycles. The summed E-state index contributed by atoms with van der Waals surface area (Å²) in [5, 5.41) is 0. The van der Waals surface area contributed by atoms with Crippen LogP contribution in [0.15, 0.2) is 0 Å². The minimum absolute atomic E-state index is 0.296. The standard InChI is InChI=1S/C11H18BO/c13-9-12(10-5-1-2-6-10)11-7-3-4-8-11/h10-11H,1-8H2. The average Bonchev–Trinajstić information content (AvgIpc) is 2.76. The van der Waals surface area contributed by atoms with Crippen molar-refractivity contribution in [2.45, 2.75) is 63.0 Å². The molecule has 0 unspecified atom stereocenters. The highest BCUT2D eigenvalue weighted by Gasteiger charge is 2.36. The van der Waals surface area contributed by atoms with Gasteiger partial charge >= 0.3 is 0 Å². The van der Waals surface area contributed by atoms with E-state index in [9.17, 15) is 4.79 Å². The zero-order valence-corrected chi connectivity index (χ0v) is 8.30. The Morgan fingerprint density at radius 2 is 1.23 bits per heavy atom. The largest absolute Gasteiger partial charge is 0.304 e. The lowest BCUT2D eigenvalue weighted by Crippen LogP contribution is -2.26. The Kier molecular flexibility index (Phi) is 3.07. The van der Waals surface area contributed by atoms with Crippen LogP contribution in [-0.2, 0) is 4.79 Å². The first kappa shape index (κ1) is 9.30. The lowest BCUT2D eigenvalue weighted by molar-refractivity contribution is 0.565. The molecule has 2 rings (SSSR count). The van der Waals surface area contributed by atoms with Crippen molar-refractivity contribution in [3.05, 3.63) is 0 Å². The summed E-state index contributed by atoms with van der Waals surface area (Å²) in [4.78, 5) is 11.0. The van der Waals surface area contributed by atoms with Gasteiger partial charge in [-0.25, -0.2) is 0 Å². The topological polar surface area (TPSA) is 17.1 Å². The van der Waals surface area contributed by atoms with Crippen molar-refractivity contribution < 1.29 is 4.79 Å². The van der Waals surface area contributed by atoms with Crippen molar-refractivity contribution >= 4 is 12.9 Å². The quantitative estimate of drug-likeness (QED) is 0.605. The highest BCUT2D eigenvalue weighted by Crippen LogP contribution is 2.42. The molecule has 0 N–H and O–H groups in total. The van der Waals surface area contributed by atoms with Crippen molar-refractivity contribution in [3.8, 4) is 0 Å². The second-order valence-corrected chi connectivity index (χ2v) is 4.73. The molecule has 1 nitrogen and oxygen atoms in total. The maximum atomic E-state index is 11.0. The lowest BCUT2D eigenvalue weighted by atomic mass is 9.34. The van der Waals surface area contributed by atoms with Crippen LogP contribution in [-0.4, -0.2) is 12.9 Å². The molecule has 71 valence electrons. The molecule has 0 heterocycles. The second-order valence-electron chi connectivity index (χ2n) is 4.73. The first-order valence-corrected chi connectivity index (χ1v) is 5.79. The molecule has 0 bridgehead atoms. The number of hydrogen-bond donors (Lipinski definition) is 0. The molecular formula is C11H18BO. The van der Waals surface area contributed by atoms with Gasteiger partial charge in [-0.15, -0.1) is 0 Å². The molecule has 2 saturated carbocycles. The van der Waals surface area contributed by atoms with Gasteiger partial charge in [0.15, 0.2) is 0 Å². The molecule has 0 aromatic rings. The monoisotopic (exact) mass is 177 g/mol. The van der Waals surface area contributed by atoms with Gasteiger partial charge in [0.1, 0.15) is 6.19 Å². The van der Waals surface area contributed by atoms with E-state index in [-0.39, 0.29) is 0 Å². The van der Waals surface area contributed by atoms with Gasteiger partial charge in [-0.2, -0.15) is 0 Å². The van der Waals surface area contributed by atoms with Crippen LogP contribution in [0.25, 0.3) is 0 Å². The molecule has 1 radical (unpaired) electrons. The second kappa shape index (κ2) is 4.30. The Balaban J connectivity index is 1.94. The normalized spacial score (nSPS) is 25.2. The summed E-state index contributed by atoms with van der Waals surface area (Å²) in [6.45, 7) is 0.296. The van der Waals surface area contributed by atoms with E-state index < -0.39 is 0 Å². The lowest BCUT2D eigenvalue weighted by Gasteiger charge is -2.19. The van der Waals surface area contributed by atoms with Crippen LogP contribution < -0.4 is 0 Å². The summed E-state index contributed by atoms with van der Waals surface area (Å²) in [5.74, 6) is 1.39. The Labute approximate surface area is 81.4 Å². The van der Waals surface area contributed by atoms with Crippen molar-refractivity contribution in [2.75, 3.05) is 0 Å². The van der Waals surface area contributed by atoms with E-state index in [4.69, 9.17) is 0 Å². The zero-order valence-electron chi connectivity index (χ0n) is 8.30. The summed E-state index contributed by atoms with van der Waals surface area (Å²) in [5.41, 5.74) is 0. The third-order valence-electron chi connectivity index (χ3n) is 3.95. The van der Waals surface area contributed by atoms with Crippen LogP contribution >= 0.6 is 0 Å². The Morgan fingerprint density at radius 1 is 0.846 bits per heavy atom. The van der Waals surface area contributed by atoms with Gasteiger partial charge in [0, 0.05) is 0 Å². The molecule has 0 aromatic carbocycles. The fraction of sp³-hybridized carbons (Fsp3) is 0.909. The van der Waals surface area contributed by atoms with Crippen LogP contribution in [0, 0.1) is 0 Å². The van der Waals surface area contributed by atoms with E-state index in [1.807, 2.05) is 0 Å². The molecule has 2 heteroatoms. The van der Waals surface area contributed by atoms with E-state index >= 15 is 0 Å². The molecule has 13 heavy (non-hydrogen) atoms. The number of hydrogen-bond acceptors (Lipinski definition) is 1. The molecule has 0 saturated heterocycles. The number of carbonyl (C=O) groups excluding carboxylic acids is 1. The Hall–Kier alpha value is -0.265. The van der Waals surface area contributed by atoms with Gasteiger partial charge in [-0.05, 0) is 0 Å². The molecule has 0 atom stereocenters. The van der Waals surface area contributed by atoms with Crippen LogP contribution in [0.5, 0.6) is 0 Å². The van der Waals surface area contributed by atoms with E-state index in [0.717, 1.165) is 0 Å². The fourth-order valence-corrected chi connectivity index (χ4v) is 3.21. The molecule has 2 fully saturated rings. The third kappa shape index (κ3) is 1.97. The van der Waals surface area contributed by atoms with Crippen LogP contribution in [0.3, 0.4) is 0 Å². The van der Waals surface area contributed by atoms with Crippen molar-refractivity contribution in [1.82, 2.24) is 0 Å². The molecule has 0 spiro atoms. The van der Waals surface area contributed by atoms with Gasteiger partial charge in [0.25, 0.3) is 0 Å². The summed E-state index contributed by atoms with van der Waals surface area (Å²) in [6.07, 6.45) is 12.9. The summed E-state index contributed by atoms with van der Waals surface area (Å²) in [7, 11) is 0. The van der Waals surface area contributed by atoms with Crippen molar-refractivity contribution in [3.63, 3.8) is 0 Å². The molecule has 2 aliphatic rings. The SMILES string of the molecule is O=[C]B(C1CCCC1)C1CCCC1. The van der Waals surface area contributed by atoms with E-state index in [1.165, 1.54) is 51.4 Å². The maximum Gasteiger partial charge on any atom is 0.239 e. The fourth-order valence-electron chi connectivity index (χ4n) is 3.21. The van der Waals surface area contributed by atoms with Crippen molar-refractivity contribution in [2.24, 2.45) is 0 Å². The van der Waals surface area contributed by atoms with Gasteiger partial charge in [0.2, 0.25) is 6.71 Å². The third-order valence-corrected chi connectivity index (χ3v) is 3.95. The van der Waals surface area contributed by atoms with E-state index in [2.05, 4.69) is 6.19 Å². The summed E-state index contributed by atoms with van der Waals surface area (Å²) < 4.78 is 0. The van der Waals surface area contributed by atoms with Gasteiger partial charge < -0.3 is 4.79 Å². The predicted octanol–water partition coefficient (Wildman–Crippen LogP) is 3.02. The summed E-state index contributed by atoms with van der Waals surface area (Å²) in [6, 6.07) is 0. The minimum Gasteiger partial charge on any atom is -0.304 e. The van der Waals surface area contributed by atoms with E-state index in [0.29, 0.717) is 18.3 Å².